The van der Waals surface area contributed by atoms with Gasteiger partial charge >= 0.3 is 0 Å². The van der Waals surface area contributed by atoms with Gasteiger partial charge in [0.25, 0.3) is 0 Å². The van der Waals surface area contributed by atoms with Crippen molar-refractivity contribution in [3.05, 3.63) is 41.2 Å². The summed E-state index contributed by atoms with van der Waals surface area (Å²) in [5.74, 6) is 0. The number of aryl methyl sites for hydroxylation is 1. The second-order valence-electron chi connectivity index (χ2n) is 3.65. The van der Waals surface area contributed by atoms with Crippen molar-refractivity contribution in [1.82, 2.24) is 9.97 Å². The van der Waals surface area contributed by atoms with Crippen LogP contribution in [0.3, 0.4) is 0 Å². The number of aromatic amines is 1. The predicted molar refractivity (Wildman–Crippen MR) is 63.3 cm³/mol. The van der Waals surface area contributed by atoms with Crippen LogP contribution in [-0.4, -0.2) is 9.97 Å². The molecule has 2 heterocycles. The topological polar surface area (TPSA) is 28.7 Å². The minimum atomic E-state index is 0.766. The summed E-state index contributed by atoms with van der Waals surface area (Å²) in [6.07, 6.45) is 3.67. The Morgan fingerprint density at radius 1 is 1.33 bits per heavy atom. The Labute approximate surface area is 91.9 Å². The van der Waals surface area contributed by atoms with Gasteiger partial charge in [0.05, 0.1) is 10.5 Å². The first-order valence-corrected chi connectivity index (χ1v) is 5.16. The number of aromatic nitrogens is 2. The molecule has 0 unspecified atom stereocenters. The average Bonchev–Trinajstić information content (AvgIpc) is 2.66. The molecule has 1 aromatic carbocycles. The monoisotopic (exact) mass is 216 g/mol. The molecule has 3 heteroatoms. The molecule has 0 atom stereocenters. The quantitative estimate of drug-likeness (QED) is 0.610. The predicted octanol–water partition coefficient (Wildman–Crippen LogP) is 3.68. The van der Waals surface area contributed by atoms with Crippen molar-refractivity contribution in [1.29, 1.82) is 0 Å². The van der Waals surface area contributed by atoms with E-state index in [1.165, 1.54) is 5.56 Å². The number of halogens is 1. The summed E-state index contributed by atoms with van der Waals surface area (Å²) in [4.78, 5) is 7.54. The number of benzene rings is 1. The molecule has 74 valence electrons. The molecule has 0 fully saturated rings. The van der Waals surface area contributed by atoms with Gasteiger partial charge in [-0.2, -0.15) is 0 Å². The maximum absolute atomic E-state index is 6.20. The third kappa shape index (κ3) is 1.15. The molecule has 0 aliphatic heterocycles. The second-order valence-corrected chi connectivity index (χ2v) is 4.06. The fourth-order valence-electron chi connectivity index (χ4n) is 2.01. The first-order chi connectivity index (χ1) is 7.27. The highest BCUT2D eigenvalue weighted by Crippen LogP contribution is 2.31. The molecular weight excluding hydrogens is 208 g/mol. The van der Waals surface area contributed by atoms with Gasteiger partial charge in [-0.25, -0.2) is 0 Å². The van der Waals surface area contributed by atoms with Gasteiger partial charge < -0.3 is 4.98 Å². The van der Waals surface area contributed by atoms with Crippen molar-refractivity contribution >= 4 is 33.4 Å². The number of H-pyrrole nitrogens is 1. The minimum absolute atomic E-state index is 0.766. The maximum atomic E-state index is 6.20. The van der Waals surface area contributed by atoms with E-state index in [4.69, 9.17) is 11.6 Å². The summed E-state index contributed by atoms with van der Waals surface area (Å²) >= 11 is 6.20. The first kappa shape index (κ1) is 8.74. The lowest BCUT2D eigenvalue weighted by Crippen LogP contribution is -1.84. The third-order valence-corrected chi connectivity index (χ3v) is 3.00. The molecule has 0 amide bonds. The third-order valence-electron chi connectivity index (χ3n) is 2.68. The number of fused-ring (bicyclic) bond motifs is 3. The fourth-order valence-corrected chi connectivity index (χ4v) is 2.28. The van der Waals surface area contributed by atoms with Gasteiger partial charge in [-0.05, 0) is 30.7 Å². The van der Waals surface area contributed by atoms with Gasteiger partial charge in [-0.15, -0.1) is 0 Å². The molecule has 0 aliphatic carbocycles. The summed E-state index contributed by atoms with van der Waals surface area (Å²) in [7, 11) is 0. The van der Waals surface area contributed by atoms with Crippen LogP contribution in [0.5, 0.6) is 0 Å². The van der Waals surface area contributed by atoms with Gasteiger partial charge in [0, 0.05) is 28.7 Å². The van der Waals surface area contributed by atoms with Crippen LogP contribution >= 0.6 is 11.6 Å². The highest BCUT2D eigenvalue weighted by molar-refractivity contribution is 6.37. The van der Waals surface area contributed by atoms with E-state index in [1.807, 2.05) is 24.5 Å². The first-order valence-electron chi connectivity index (χ1n) is 4.78. The molecule has 0 aliphatic rings. The average molecular weight is 217 g/mol. The lowest BCUT2D eigenvalue weighted by molar-refractivity contribution is 1.38. The molecule has 3 aromatic rings. The normalized spacial score (nSPS) is 11.3. The minimum Gasteiger partial charge on any atom is -0.361 e. The Morgan fingerprint density at radius 3 is 3.07 bits per heavy atom. The molecule has 15 heavy (non-hydrogen) atoms. The zero-order valence-corrected chi connectivity index (χ0v) is 8.97. The summed E-state index contributed by atoms with van der Waals surface area (Å²) in [5.41, 5.74) is 3.26. The van der Waals surface area contributed by atoms with Crippen molar-refractivity contribution in [2.45, 2.75) is 6.92 Å². The van der Waals surface area contributed by atoms with E-state index < -0.39 is 0 Å². The Bertz CT molecular complexity index is 655. The molecule has 0 saturated carbocycles. The number of hydrogen-bond donors (Lipinski definition) is 1. The summed E-state index contributed by atoms with van der Waals surface area (Å²) in [5, 5.41) is 2.94. The van der Waals surface area contributed by atoms with E-state index in [0.29, 0.717) is 0 Å². The summed E-state index contributed by atoms with van der Waals surface area (Å²) in [6.45, 7) is 2.06. The highest BCUT2D eigenvalue weighted by Gasteiger charge is 2.08. The number of rotatable bonds is 0. The standard InChI is InChI=1S/C12H9ClN2/c1-7-6-10-11(9(13)3-5-14-10)8-2-4-15-12(7)8/h2-6,14H,1H3. The Hall–Kier alpha value is -1.54. The van der Waals surface area contributed by atoms with E-state index in [2.05, 4.69) is 23.0 Å². The van der Waals surface area contributed by atoms with Gasteiger partial charge in [0.1, 0.15) is 0 Å². The number of hydrogen-bond acceptors (Lipinski definition) is 1. The van der Waals surface area contributed by atoms with E-state index in [9.17, 15) is 0 Å². The molecular formula is C12H9ClN2. The molecule has 3 rings (SSSR count). The maximum Gasteiger partial charge on any atom is 0.0739 e. The van der Waals surface area contributed by atoms with Crippen LogP contribution < -0.4 is 0 Å². The van der Waals surface area contributed by atoms with Gasteiger partial charge in [0.2, 0.25) is 0 Å². The molecule has 0 saturated heterocycles. The fraction of sp³-hybridized carbons (Fsp3) is 0.0833. The molecule has 2 nitrogen and oxygen atoms in total. The zero-order chi connectivity index (χ0) is 10.4. The largest absolute Gasteiger partial charge is 0.361 e. The van der Waals surface area contributed by atoms with Crippen LogP contribution in [-0.2, 0) is 0 Å². The van der Waals surface area contributed by atoms with E-state index in [-0.39, 0.29) is 0 Å². The summed E-state index contributed by atoms with van der Waals surface area (Å²) in [6, 6.07) is 5.95. The number of nitrogens with zero attached hydrogens (tertiary/aromatic N) is 1. The molecule has 1 N–H and O–H groups in total. The zero-order valence-electron chi connectivity index (χ0n) is 8.21. The Morgan fingerprint density at radius 2 is 2.20 bits per heavy atom. The lowest BCUT2D eigenvalue weighted by atomic mass is 10.1. The number of pyridine rings is 1. The van der Waals surface area contributed by atoms with Gasteiger partial charge in [-0.1, -0.05) is 11.6 Å². The van der Waals surface area contributed by atoms with E-state index in [0.717, 1.165) is 26.8 Å². The van der Waals surface area contributed by atoms with Crippen LogP contribution in [0, 0.1) is 6.92 Å². The van der Waals surface area contributed by atoms with Crippen molar-refractivity contribution in [3.8, 4) is 0 Å². The second kappa shape index (κ2) is 2.97. The van der Waals surface area contributed by atoms with Gasteiger partial charge in [0.15, 0.2) is 0 Å². The van der Waals surface area contributed by atoms with Crippen LogP contribution in [0.2, 0.25) is 5.02 Å². The summed E-state index contributed by atoms with van der Waals surface area (Å²) < 4.78 is 0. The van der Waals surface area contributed by atoms with Crippen molar-refractivity contribution < 1.29 is 0 Å². The molecule has 0 bridgehead atoms. The Balaban J connectivity index is 2.68. The van der Waals surface area contributed by atoms with E-state index in [1.54, 1.807) is 0 Å². The highest BCUT2D eigenvalue weighted by atomic mass is 35.5. The lowest BCUT2D eigenvalue weighted by Gasteiger charge is -2.04. The van der Waals surface area contributed by atoms with Crippen LogP contribution in [0.25, 0.3) is 21.8 Å². The van der Waals surface area contributed by atoms with Crippen molar-refractivity contribution in [2.24, 2.45) is 0 Å². The van der Waals surface area contributed by atoms with Crippen LogP contribution in [0.1, 0.15) is 5.56 Å². The van der Waals surface area contributed by atoms with E-state index >= 15 is 0 Å². The van der Waals surface area contributed by atoms with Crippen molar-refractivity contribution in [3.63, 3.8) is 0 Å². The molecule has 0 radical (unpaired) electrons. The van der Waals surface area contributed by atoms with Gasteiger partial charge in [-0.3, -0.25) is 4.98 Å². The molecule has 2 aromatic heterocycles. The molecule has 0 spiro atoms. The van der Waals surface area contributed by atoms with Crippen molar-refractivity contribution in [2.75, 3.05) is 0 Å². The Kier molecular flexibility index (Phi) is 1.73. The number of nitrogens with one attached hydrogen (secondary N) is 1. The van der Waals surface area contributed by atoms with Crippen LogP contribution in [0.4, 0.5) is 0 Å². The SMILES string of the molecule is Cc1cc2[nH]ccc(Cl)c2c2ccnc12. The van der Waals surface area contributed by atoms with Crippen LogP contribution in [0.15, 0.2) is 30.6 Å². The smallest absolute Gasteiger partial charge is 0.0739 e.